The van der Waals surface area contributed by atoms with Gasteiger partial charge in [0.2, 0.25) is 0 Å². The van der Waals surface area contributed by atoms with Crippen LogP contribution in [0.3, 0.4) is 0 Å². The SMILES string of the molecule is CCN(CC)c1ccc2c(S(=O)(=O)O)cccc2c1. The first-order valence-corrected chi connectivity index (χ1v) is 7.66. The summed E-state index contributed by atoms with van der Waals surface area (Å²) in [7, 11) is -4.19. The van der Waals surface area contributed by atoms with E-state index in [9.17, 15) is 13.0 Å². The van der Waals surface area contributed by atoms with E-state index >= 15 is 0 Å². The second-order valence-corrected chi connectivity index (χ2v) is 5.70. The molecular weight excluding hydrogens is 262 g/mol. The second-order valence-electron chi connectivity index (χ2n) is 4.31. The lowest BCUT2D eigenvalue weighted by atomic mass is 10.1. The van der Waals surface area contributed by atoms with Crippen LogP contribution in [-0.4, -0.2) is 26.1 Å². The number of anilines is 1. The minimum absolute atomic E-state index is 0.0453. The van der Waals surface area contributed by atoms with Gasteiger partial charge in [-0.15, -0.1) is 0 Å². The second kappa shape index (κ2) is 5.19. The summed E-state index contributed by atoms with van der Waals surface area (Å²) in [4.78, 5) is 2.13. The van der Waals surface area contributed by atoms with E-state index in [4.69, 9.17) is 0 Å². The van der Waals surface area contributed by atoms with Gasteiger partial charge in [-0.3, -0.25) is 4.55 Å². The van der Waals surface area contributed by atoms with Gasteiger partial charge in [-0.2, -0.15) is 8.42 Å². The molecule has 0 aromatic heterocycles. The normalized spacial score (nSPS) is 11.7. The Hall–Kier alpha value is -1.59. The molecule has 0 atom stereocenters. The third kappa shape index (κ3) is 2.72. The van der Waals surface area contributed by atoms with Gasteiger partial charge in [0.05, 0.1) is 0 Å². The summed E-state index contributed by atoms with van der Waals surface area (Å²) >= 11 is 0. The molecule has 0 aliphatic carbocycles. The number of benzene rings is 2. The van der Waals surface area contributed by atoms with E-state index < -0.39 is 10.1 Å². The molecule has 2 aromatic rings. The van der Waals surface area contributed by atoms with Crippen LogP contribution in [0, 0.1) is 0 Å². The lowest BCUT2D eigenvalue weighted by molar-refractivity contribution is 0.484. The number of rotatable bonds is 4. The summed E-state index contributed by atoms with van der Waals surface area (Å²) in [5.74, 6) is 0. The monoisotopic (exact) mass is 279 g/mol. The summed E-state index contributed by atoms with van der Waals surface area (Å²) < 4.78 is 31.9. The largest absolute Gasteiger partial charge is 0.372 e. The van der Waals surface area contributed by atoms with Gasteiger partial charge in [0.1, 0.15) is 4.90 Å². The van der Waals surface area contributed by atoms with Crippen molar-refractivity contribution in [1.29, 1.82) is 0 Å². The lowest BCUT2D eigenvalue weighted by Gasteiger charge is -2.21. The van der Waals surface area contributed by atoms with Gasteiger partial charge in [-0.1, -0.05) is 18.2 Å². The molecule has 0 aliphatic rings. The first-order chi connectivity index (χ1) is 8.97. The van der Waals surface area contributed by atoms with Crippen LogP contribution in [0.25, 0.3) is 10.8 Å². The number of fused-ring (bicyclic) bond motifs is 1. The predicted molar refractivity (Wildman–Crippen MR) is 77.3 cm³/mol. The quantitative estimate of drug-likeness (QED) is 0.874. The van der Waals surface area contributed by atoms with Gasteiger partial charge in [-0.05, 0) is 37.4 Å². The molecule has 0 saturated carbocycles. The molecule has 0 radical (unpaired) electrons. The molecule has 0 unspecified atom stereocenters. The van der Waals surface area contributed by atoms with Crippen molar-refractivity contribution in [2.45, 2.75) is 18.7 Å². The van der Waals surface area contributed by atoms with E-state index in [1.54, 1.807) is 12.1 Å². The fourth-order valence-corrected chi connectivity index (χ4v) is 2.97. The van der Waals surface area contributed by atoms with Crippen molar-refractivity contribution in [3.63, 3.8) is 0 Å². The predicted octanol–water partition coefficient (Wildman–Crippen LogP) is 2.93. The third-order valence-corrected chi connectivity index (χ3v) is 4.14. The Morgan fingerprint density at radius 3 is 2.37 bits per heavy atom. The van der Waals surface area contributed by atoms with Crippen LogP contribution >= 0.6 is 0 Å². The molecule has 0 amide bonds. The van der Waals surface area contributed by atoms with Crippen molar-refractivity contribution in [3.05, 3.63) is 36.4 Å². The summed E-state index contributed by atoms with van der Waals surface area (Å²) in [5, 5.41) is 1.35. The van der Waals surface area contributed by atoms with Crippen molar-refractivity contribution >= 4 is 26.6 Å². The number of nitrogens with zero attached hydrogens (tertiary/aromatic N) is 1. The van der Waals surface area contributed by atoms with Crippen molar-refractivity contribution < 1.29 is 13.0 Å². The summed E-state index contributed by atoms with van der Waals surface area (Å²) in [6.07, 6.45) is 0. The first-order valence-electron chi connectivity index (χ1n) is 6.22. The molecule has 102 valence electrons. The van der Waals surface area contributed by atoms with Crippen LogP contribution in [0.1, 0.15) is 13.8 Å². The van der Waals surface area contributed by atoms with E-state index in [1.165, 1.54) is 6.07 Å². The Bertz CT molecular complexity index is 691. The molecule has 2 aromatic carbocycles. The van der Waals surface area contributed by atoms with Crippen LogP contribution in [0.15, 0.2) is 41.3 Å². The summed E-state index contributed by atoms with van der Waals surface area (Å²) in [6.45, 7) is 5.92. The smallest absolute Gasteiger partial charge is 0.295 e. The van der Waals surface area contributed by atoms with Crippen LogP contribution in [0.5, 0.6) is 0 Å². The van der Waals surface area contributed by atoms with Crippen LogP contribution in [0.2, 0.25) is 0 Å². The first kappa shape index (κ1) is 13.8. The van der Waals surface area contributed by atoms with Crippen LogP contribution < -0.4 is 4.90 Å². The highest BCUT2D eigenvalue weighted by molar-refractivity contribution is 7.86. The molecule has 2 rings (SSSR count). The minimum atomic E-state index is -4.19. The van der Waals surface area contributed by atoms with E-state index in [0.29, 0.717) is 5.39 Å². The average molecular weight is 279 g/mol. The zero-order valence-electron chi connectivity index (χ0n) is 11.0. The van der Waals surface area contributed by atoms with Gasteiger partial charge >= 0.3 is 0 Å². The maximum atomic E-state index is 11.3. The van der Waals surface area contributed by atoms with E-state index in [2.05, 4.69) is 18.7 Å². The van der Waals surface area contributed by atoms with E-state index in [0.717, 1.165) is 24.2 Å². The maximum Gasteiger partial charge on any atom is 0.295 e. The Morgan fingerprint density at radius 1 is 1.11 bits per heavy atom. The highest BCUT2D eigenvalue weighted by Crippen LogP contribution is 2.27. The Labute approximate surface area is 113 Å². The van der Waals surface area contributed by atoms with Crippen LogP contribution in [0.4, 0.5) is 5.69 Å². The Morgan fingerprint density at radius 2 is 1.79 bits per heavy atom. The molecule has 0 aliphatic heterocycles. The summed E-state index contributed by atoms with van der Waals surface area (Å²) in [5.41, 5.74) is 1.05. The maximum absolute atomic E-state index is 11.3. The van der Waals surface area contributed by atoms with E-state index in [1.807, 2.05) is 18.2 Å². The molecule has 5 heteroatoms. The summed E-state index contributed by atoms with van der Waals surface area (Å²) in [6, 6.07) is 10.5. The van der Waals surface area contributed by atoms with Gasteiger partial charge < -0.3 is 4.90 Å². The molecular formula is C14H17NO3S. The molecule has 0 bridgehead atoms. The zero-order chi connectivity index (χ0) is 14.0. The standard InChI is InChI=1S/C14H17NO3S/c1-3-15(4-2)12-8-9-13-11(10-12)6-5-7-14(13)19(16,17)18/h5-10H,3-4H2,1-2H3,(H,16,17,18). The molecule has 0 spiro atoms. The molecule has 19 heavy (non-hydrogen) atoms. The highest BCUT2D eigenvalue weighted by Gasteiger charge is 2.14. The minimum Gasteiger partial charge on any atom is -0.372 e. The van der Waals surface area contributed by atoms with E-state index in [-0.39, 0.29) is 4.90 Å². The van der Waals surface area contributed by atoms with Crippen molar-refractivity contribution in [3.8, 4) is 0 Å². The zero-order valence-corrected chi connectivity index (χ0v) is 11.8. The van der Waals surface area contributed by atoms with Gasteiger partial charge in [-0.25, -0.2) is 0 Å². The topological polar surface area (TPSA) is 57.6 Å². The molecule has 0 saturated heterocycles. The van der Waals surface area contributed by atoms with Crippen molar-refractivity contribution in [1.82, 2.24) is 0 Å². The fourth-order valence-electron chi connectivity index (χ4n) is 2.25. The Balaban J connectivity index is 2.64. The number of hydrogen-bond donors (Lipinski definition) is 1. The van der Waals surface area contributed by atoms with Crippen LogP contribution in [-0.2, 0) is 10.1 Å². The third-order valence-electron chi connectivity index (χ3n) is 3.23. The average Bonchev–Trinajstić information content (AvgIpc) is 2.38. The van der Waals surface area contributed by atoms with Crippen molar-refractivity contribution in [2.24, 2.45) is 0 Å². The van der Waals surface area contributed by atoms with Gasteiger partial charge in [0, 0.05) is 24.2 Å². The molecule has 0 heterocycles. The molecule has 4 nitrogen and oxygen atoms in total. The fraction of sp³-hybridized carbons (Fsp3) is 0.286. The Kier molecular flexibility index (Phi) is 3.78. The van der Waals surface area contributed by atoms with Gasteiger partial charge in [0.15, 0.2) is 0 Å². The van der Waals surface area contributed by atoms with Crippen molar-refractivity contribution in [2.75, 3.05) is 18.0 Å². The molecule has 0 fully saturated rings. The highest BCUT2D eigenvalue weighted by atomic mass is 32.2. The van der Waals surface area contributed by atoms with Gasteiger partial charge in [0.25, 0.3) is 10.1 Å². The number of hydrogen-bond acceptors (Lipinski definition) is 3. The molecule has 1 N–H and O–H groups in total. The lowest BCUT2D eigenvalue weighted by Crippen LogP contribution is -2.21.